The van der Waals surface area contributed by atoms with Gasteiger partial charge in [0.15, 0.2) is 5.76 Å². The van der Waals surface area contributed by atoms with Crippen molar-refractivity contribution in [2.45, 2.75) is 25.7 Å². The number of fused-ring (bicyclic) bond motifs is 1. The van der Waals surface area contributed by atoms with E-state index in [9.17, 15) is 9.90 Å². The lowest BCUT2D eigenvalue weighted by molar-refractivity contribution is 0.0815. The lowest BCUT2D eigenvalue weighted by Gasteiger charge is -2.30. The van der Waals surface area contributed by atoms with E-state index in [1.165, 1.54) is 11.1 Å². The van der Waals surface area contributed by atoms with Crippen molar-refractivity contribution in [3.05, 3.63) is 59.0 Å². The van der Waals surface area contributed by atoms with Gasteiger partial charge in [0.1, 0.15) is 12.4 Å². The van der Waals surface area contributed by atoms with Crippen LogP contribution < -0.4 is 5.32 Å². The van der Waals surface area contributed by atoms with Crippen molar-refractivity contribution in [1.29, 1.82) is 0 Å². The van der Waals surface area contributed by atoms with Gasteiger partial charge in [0.2, 0.25) is 0 Å². The first-order chi connectivity index (χ1) is 12.2. The van der Waals surface area contributed by atoms with Crippen LogP contribution in [0.4, 0.5) is 0 Å². The van der Waals surface area contributed by atoms with Crippen molar-refractivity contribution in [1.82, 2.24) is 10.2 Å². The zero-order chi connectivity index (χ0) is 17.6. The molecule has 2 heterocycles. The highest BCUT2D eigenvalue weighted by Gasteiger charge is 2.19. The summed E-state index contributed by atoms with van der Waals surface area (Å²) in [6.07, 6.45) is 0.367. The summed E-state index contributed by atoms with van der Waals surface area (Å²) in [5.41, 5.74) is 2.69. The molecule has 0 saturated carbocycles. The van der Waals surface area contributed by atoms with Gasteiger partial charge >= 0.3 is 0 Å². The van der Waals surface area contributed by atoms with Gasteiger partial charge in [-0.2, -0.15) is 0 Å². The molecule has 1 atom stereocenters. The Morgan fingerprint density at radius 1 is 1.32 bits per heavy atom. The minimum absolute atomic E-state index is 0.192. The van der Waals surface area contributed by atoms with E-state index in [0.29, 0.717) is 18.9 Å². The number of aliphatic hydroxyl groups excluding tert-OH is 1. The molecule has 0 fully saturated rings. The summed E-state index contributed by atoms with van der Waals surface area (Å²) in [5, 5.41) is 12.9. The molecule has 0 saturated heterocycles. The van der Waals surface area contributed by atoms with Crippen LogP contribution in [0.15, 0.2) is 40.8 Å². The monoisotopic (exact) mass is 344 g/mol. The predicted molar refractivity (Wildman–Crippen MR) is 93.2 cm³/mol. The third-order valence-electron chi connectivity index (χ3n) is 4.35. The average Bonchev–Trinajstić information content (AvgIpc) is 3.09. The number of aliphatic hydroxyl groups is 1. The van der Waals surface area contributed by atoms with E-state index in [0.717, 1.165) is 19.5 Å². The first-order valence-electron chi connectivity index (χ1n) is 8.48. The Balaban J connectivity index is 1.45. The second kappa shape index (κ2) is 8.29. The van der Waals surface area contributed by atoms with Crippen LogP contribution in [-0.2, 0) is 24.3 Å². The molecule has 1 amide bonds. The second-order valence-corrected chi connectivity index (χ2v) is 6.32. The maximum Gasteiger partial charge on any atom is 0.287 e. The molecule has 1 aromatic heterocycles. The molecule has 1 unspecified atom stereocenters. The first-order valence-corrected chi connectivity index (χ1v) is 8.48. The molecule has 6 nitrogen and oxygen atoms in total. The number of hydrogen-bond acceptors (Lipinski definition) is 5. The van der Waals surface area contributed by atoms with Crippen molar-refractivity contribution < 1.29 is 19.1 Å². The van der Waals surface area contributed by atoms with Gasteiger partial charge in [0.05, 0.1) is 6.10 Å². The Kier molecular flexibility index (Phi) is 5.86. The van der Waals surface area contributed by atoms with Gasteiger partial charge in [-0.1, -0.05) is 24.3 Å². The minimum Gasteiger partial charge on any atom is -0.453 e. The van der Waals surface area contributed by atoms with E-state index in [1.54, 1.807) is 19.2 Å². The van der Waals surface area contributed by atoms with Crippen molar-refractivity contribution in [3.63, 3.8) is 0 Å². The first kappa shape index (κ1) is 17.7. The predicted octanol–water partition coefficient (Wildman–Crippen LogP) is 1.58. The number of ether oxygens (including phenoxy) is 1. The Bertz CT molecular complexity index is 713. The maximum absolute atomic E-state index is 12.1. The van der Waals surface area contributed by atoms with E-state index in [2.05, 4.69) is 28.4 Å². The summed E-state index contributed by atoms with van der Waals surface area (Å²) in [7, 11) is 1.57. The average molecular weight is 344 g/mol. The van der Waals surface area contributed by atoms with Crippen molar-refractivity contribution >= 4 is 5.91 Å². The van der Waals surface area contributed by atoms with Gasteiger partial charge in [-0.3, -0.25) is 9.69 Å². The number of rotatable bonds is 7. The van der Waals surface area contributed by atoms with E-state index in [-0.39, 0.29) is 18.2 Å². The van der Waals surface area contributed by atoms with E-state index < -0.39 is 6.10 Å². The summed E-state index contributed by atoms with van der Waals surface area (Å²) in [4.78, 5) is 14.3. The third kappa shape index (κ3) is 4.69. The Morgan fingerprint density at radius 3 is 2.92 bits per heavy atom. The van der Waals surface area contributed by atoms with Crippen LogP contribution in [0.1, 0.15) is 27.4 Å². The highest BCUT2D eigenvalue weighted by Crippen LogP contribution is 2.18. The summed E-state index contributed by atoms with van der Waals surface area (Å²) in [5.74, 6) is 0.497. The number of benzene rings is 1. The molecule has 1 aliphatic rings. The number of amides is 1. The highest BCUT2D eigenvalue weighted by atomic mass is 16.5. The molecule has 2 N–H and O–H groups in total. The highest BCUT2D eigenvalue weighted by molar-refractivity contribution is 5.91. The van der Waals surface area contributed by atoms with Crippen LogP contribution in [0.5, 0.6) is 0 Å². The van der Waals surface area contributed by atoms with Gasteiger partial charge in [0, 0.05) is 33.3 Å². The number of carbonyl (C=O) groups excluding carboxylic acids is 1. The fourth-order valence-electron chi connectivity index (χ4n) is 3.09. The van der Waals surface area contributed by atoms with E-state index in [1.807, 2.05) is 6.07 Å². The SMILES string of the molecule is COCc1ccc(C(=O)NCC(O)CN2CCc3ccccc3C2)o1. The molecule has 6 heteroatoms. The lowest BCUT2D eigenvalue weighted by Crippen LogP contribution is -2.42. The van der Waals surface area contributed by atoms with Crippen LogP contribution in [0.2, 0.25) is 0 Å². The molecular formula is C19H24N2O4. The Morgan fingerprint density at radius 2 is 2.12 bits per heavy atom. The van der Waals surface area contributed by atoms with Gasteiger partial charge in [-0.15, -0.1) is 0 Å². The summed E-state index contributed by atoms with van der Waals surface area (Å²) >= 11 is 0. The summed E-state index contributed by atoms with van der Waals surface area (Å²) in [6.45, 7) is 2.80. The van der Waals surface area contributed by atoms with Crippen LogP contribution >= 0.6 is 0 Å². The lowest BCUT2D eigenvalue weighted by atomic mass is 10.00. The number of methoxy groups -OCH3 is 1. The maximum atomic E-state index is 12.1. The molecule has 0 spiro atoms. The standard InChI is InChI=1S/C19H24N2O4/c1-24-13-17-6-7-18(25-17)19(23)20-10-16(22)12-21-9-8-14-4-2-3-5-15(14)11-21/h2-7,16,22H,8-13H2,1H3,(H,20,23). The Labute approximate surface area is 147 Å². The number of furan rings is 1. The molecule has 25 heavy (non-hydrogen) atoms. The van der Waals surface area contributed by atoms with Gasteiger partial charge in [-0.25, -0.2) is 0 Å². The second-order valence-electron chi connectivity index (χ2n) is 6.32. The van der Waals surface area contributed by atoms with Crippen LogP contribution in [0.3, 0.4) is 0 Å². The molecule has 1 aromatic carbocycles. The largest absolute Gasteiger partial charge is 0.453 e. The number of nitrogens with one attached hydrogen (secondary N) is 1. The zero-order valence-electron chi connectivity index (χ0n) is 14.4. The quantitative estimate of drug-likeness (QED) is 0.798. The number of carbonyl (C=O) groups is 1. The van der Waals surface area contributed by atoms with Crippen molar-refractivity contribution in [2.24, 2.45) is 0 Å². The molecule has 0 bridgehead atoms. The number of β-amino-alcohol motifs (C(OH)–C–C–N with tert-alkyl or cyclic N) is 1. The van der Waals surface area contributed by atoms with Gasteiger partial charge in [0.25, 0.3) is 5.91 Å². The number of hydrogen-bond donors (Lipinski definition) is 2. The van der Waals surface area contributed by atoms with Crippen LogP contribution in [-0.4, -0.2) is 48.8 Å². The molecular weight excluding hydrogens is 320 g/mol. The zero-order valence-corrected chi connectivity index (χ0v) is 14.4. The molecule has 3 rings (SSSR count). The normalized spacial score (nSPS) is 15.6. The molecule has 1 aliphatic heterocycles. The smallest absolute Gasteiger partial charge is 0.287 e. The van der Waals surface area contributed by atoms with Gasteiger partial charge in [-0.05, 0) is 29.7 Å². The number of nitrogens with zero attached hydrogens (tertiary/aromatic N) is 1. The van der Waals surface area contributed by atoms with Crippen molar-refractivity contribution in [2.75, 3.05) is 26.7 Å². The van der Waals surface area contributed by atoms with E-state index in [4.69, 9.17) is 9.15 Å². The molecule has 134 valence electrons. The molecule has 2 aromatic rings. The fourth-order valence-corrected chi connectivity index (χ4v) is 3.09. The van der Waals surface area contributed by atoms with Crippen LogP contribution in [0.25, 0.3) is 0 Å². The summed E-state index contributed by atoms with van der Waals surface area (Å²) < 4.78 is 10.3. The minimum atomic E-state index is -0.623. The molecule has 0 aliphatic carbocycles. The van der Waals surface area contributed by atoms with Crippen molar-refractivity contribution in [3.8, 4) is 0 Å². The van der Waals surface area contributed by atoms with Crippen LogP contribution in [0, 0.1) is 0 Å². The van der Waals surface area contributed by atoms with E-state index >= 15 is 0 Å². The Hall–Kier alpha value is -2.15. The topological polar surface area (TPSA) is 74.9 Å². The fraction of sp³-hybridized carbons (Fsp3) is 0.421. The summed E-state index contributed by atoms with van der Waals surface area (Å²) in [6, 6.07) is 11.7. The molecule has 0 radical (unpaired) electrons. The third-order valence-corrected chi connectivity index (χ3v) is 4.35. The van der Waals surface area contributed by atoms with Gasteiger partial charge < -0.3 is 19.6 Å².